The molecule has 1 amide bonds. The maximum atomic E-state index is 13.0. The molecule has 7 heteroatoms. The molecule has 1 aromatic carbocycles. The number of sulfonamides is 1. The second-order valence-corrected chi connectivity index (χ2v) is 7.91. The van der Waals surface area contributed by atoms with Crippen LogP contribution in [0.3, 0.4) is 0 Å². The molecule has 0 N–H and O–H groups in total. The van der Waals surface area contributed by atoms with Crippen molar-refractivity contribution in [3.63, 3.8) is 0 Å². The van der Waals surface area contributed by atoms with Crippen molar-refractivity contribution in [2.24, 2.45) is 5.92 Å². The number of hydrogen-bond acceptors (Lipinski definition) is 3. The van der Waals surface area contributed by atoms with E-state index in [1.165, 1.54) is 16.4 Å². The van der Waals surface area contributed by atoms with Crippen molar-refractivity contribution < 1.29 is 17.6 Å². The van der Waals surface area contributed by atoms with Gasteiger partial charge in [0, 0.05) is 26.2 Å². The lowest BCUT2D eigenvalue weighted by Crippen LogP contribution is -2.46. The smallest absolute Gasteiger partial charge is 0.243 e. The number of piperidine rings is 1. The third-order valence-electron chi connectivity index (χ3n) is 4.20. The lowest BCUT2D eigenvalue weighted by Gasteiger charge is -2.33. The molecule has 1 saturated heterocycles. The second-order valence-electron chi connectivity index (χ2n) is 5.98. The summed E-state index contributed by atoms with van der Waals surface area (Å²) in [6, 6.07) is 4.74. The first-order chi connectivity index (χ1) is 11.9. The Hall–Kier alpha value is -1.99. The minimum absolute atomic E-state index is 0.0380. The van der Waals surface area contributed by atoms with Crippen LogP contribution in [-0.2, 0) is 14.8 Å². The van der Waals surface area contributed by atoms with Crippen molar-refractivity contribution in [3.05, 3.63) is 55.4 Å². The highest BCUT2D eigenvalue weighted by atomic mass is 32.2. The summed E-state index contributed by atoms with van der Waals surface area (Å²) in [6.45, 7) is 8.56. The van der Waals surface area contributed by atoms with Gasteiger partial charge in [-0.15, -0.1) is 13.2 Å². The van der Waals surface area contributed by atoms with Crippen molar-refractivity contribution >= 4 is 15.9 Å². The lowest BCUT2D eigenvalue weighted by molar-refractivity contribution is -0.135. The van der Waals surface area contributed by atoms with E-state index in [0.29, 0.717) is 32.5 Å². The summed E-state index contributed by atoms with van der Waals surface area (Å²) in [5, 5.41) is 0. The molecule has 0 aromatic heterocycles. The summed E-state index contributed by atoms with van der Waals surface area (Å²) >= 11 is 0. The minimum atomic E-state index is -3.74. The SMILES string of the molecule is C=CCN(CC=C)C(=O)C1CCCN(S(=O)(=O)c2ccc(F)cc2)C1. The zero-order chi connectivity index (χ0) is 18.4. The fourth-order valence-electron chi connectivity index (χ4n) is 2.94. The molecule has 136 valence electrons. The van der Waals surface area contributed by atoms with Gasteiger partial charge in [-0.2, -0.15) is 4.31 Å². The molecule has 1 aromatic rings. The zero-order valence-electron chi connectivity index (χ0n) is 14.1. The summed E-state index contributed by atoms with van der Waals surface area (Å²) in [7, 11) is -3.74. The molecule has 0 radical (unpaired) electrons. The molecule has 1 unspecified atom stereocenters. The van der Waals surface area contributed by atoms with Gasteiger partial charge in [-0.05, 0) is 37.1 Å². The van der Waals surface area contributed by atoms with Crippen LogP contribution >= 0.6 is 0 Å². The number of carbonyl (C=O) groups excluding carboxylic acids is 1. The molecule has 5 nitrogen and oxygen atoms in total. The zero-order valence-corrected chi connectivity index (χ0v) is 14.9. The Morgan fingerprint density at radius 2 is 1.84 bits per heavy atom. The van der Waals surface area contributed by atoms with Crippen LogP contribution < -0.4 is 0 Å². The Bertz CT molecular complexity index is 721. The van der Waals surface area contributed by atoms with Crippen LogP contribution in [0.1, 0.15) is 12.8 Å². The fourth-order valence-corrected chi connectivity index (χ4v) is 4.47. The van der Waals surface area contributed by atoms with Gasteiger partial charge in [0.15, 0.2) is 0 Å². The largest absolute Gasteiger partial charge is 0.335 e. The van der Waals surface area contributed by atoms with Gasteiger partial charge in [-0.1, -0.05) is 12.2 Å². The molecule has 1 heterocycles. The highest BCUT2D eigenvalue weighted by Gasteiger charge is 2.34. The molecule has 1 aliphatic rings. The molecule has 1 atom stereocenters. The summed E-state index contributed by atoms with van der Waals surface area (Å²) in [6.07, 6.45) is 4.51. The average Bonchev–Trinajstić information content (AvgIpc) is 2.61. The molecule has 0 bridgehead atoms. The van der Waals surface area contributed by atoms with Crippen molar-refractivity contribution in [2.75, 3.05) is 26.2 Å². The van der Waals surface area contributed by atoms with E-state index in [0.717, 1.165) is 12.1 Å². The van der Waals surface area contributed by atoms with E-state index in [-0.39, 0.29) is 17.3 Å². The van der Waals surface area contributed by atoms with Gasteiger partial charge in [-0.3, -0.25) is 4.79 Å². The number of benzene rings is 1. The van der Waals surface area contributed by atoms with Crippen LogP contribution in [-0.4, -0.2) is 49.7 Å². The Labute approximate surface area is 148 Å². The molecular weight excluding hydrogens is 343 g/mol. The first-order valence-corrected chi connectivity index (χ1v) is 9.60. The highest BCUT2D eigenvalue weighted by Crippen LogP contribution is 2.25. The maximum Gasteiger partial charge on any atom is 0.243 e. The van der Waals surface area contributed by atoms with Crippen LogP contribution in [0.25, 0.3) is 0 Å². The van der Waals surface area contributed by atoms with Gasteiger partial charge in [0.25, 0.3) is 0 Å². The van der Waals surface area contributed by atoms with Gasteiger partial charge < -0.3 is 4.90 Å². The summed E-state index contributed by atoms with van der Waals surface area (Å²) < 4.78 is 39.8. The van der Waals surface area contributed by atoms with E-state index >= 15 is 0 Å². The molecule has 2 rings (SSSR count). The Kier molecular flexibility index (Phi) is 6.50. The van der Waals surface area contributed by atoms with Gasteiger partial charge in [0.2, 0.25) is 15.9 Å². The van der Waals surface area contributed by atoms with Crippen molar-refractivity contribution in [1.82, 2.24) is 9.21 Å². The van der Waals surface area contributed by atoms with Crippen LogP contribution in [0.4, 0.5) is 4.39 Å². The van der Waals surface area contributed by atoms with Crippen LogP contribution in [0.2, 0.25) is 0 Å². The van der Waals surface area contributed by atoms with E-state index in [1.807, 2.05) is 0 Å². The number of halogens is 1. The van der Waals surface area contributed by atoms with Crippen molar-refractivity contribution in [1.29, 1.82) is 0 Å². The summed E-state index contributed by atoms with van der Waals surface area (Å²) in [5.74, 6) is -0.988. The van der Waals surface area contributed by atoms with Gasteiger partial charge in [0.1, 0.15) is 5.82 Å². The van der Waals surface area contributed by atoms with Crippen LogP contribution in [0, 0.1) is 11.7 Å². The normalized spacial score (nSPS) is 18.5. The summed E-state index contributed by atoms with van der Waals surface area (Å²) in [4.78, 5) is 14.3. The highest BCUT2D eigenvalue weighted by molar-refractivity contribution is 7.89. The Balaban J connectivity index is 2.16. The number of amides is 1. The molecule has 0 saturated carbocycles. The van der Waals surface area contributed by atoms with Gasteiger partial charge >= 0.3 is 0 Å². The molecule has 1 aliphatic heterocycles. The van der Waals surface area contributed by atoms with Crippen LogP contribution in [0.15, 0.2) is 54.5 Å². The van der Waals surface area contributed by atoms with Crippen molar-refractivity contribution in [2.45, 2.75) is 17.7 Å². The molecule has 25 heavy (non-hydrogen) atoms. The quantitative estimate of drug-likeness (QED) is 0.697. The number of rotatable bonds is 7. The number of hydrogen-bond donors (Lipinski definition) is 0. The number of nitrogens with zero attached hydrogens (tertiary/aromatic N) is 2. The maximum absolute atomic E-state index is 13.0. The van der Waals surface area contributed by atoms with Crippen LogP contribution in [0.5, 0.6) is 0 Å². The molecular formula is C18H23FN2O3S. The van der Waals surface area contributed by atoms with E-state index in [2.05, 4.69) is 13.2 Å². The third-order valence-corrected chi connectivity index (χ3v) is 6.07. The standard InChI is InChI=1S/C18H23FN2O3S/c1-3-11-20(12-4-2)18(22)15-6-5-13-21(14-15)25(23,24)17-9-7-16(19)8-10-17/h3-4,7-10,15H,1-2,5-6,11-14H2. The fraction of sp³-hybridized carbons (Fsp3) is 0.389. The first kappa shape index (κ1) is 19.3. The van der Waals surface area contributed by atoms with E-state index in [1.54, 1.807) is 17.1 Å². The van der Waals surface area contributed by atoms with E-state index in [4.69, 9.17) is 0 Å². The number of carbonyl (C=O) groups is 1. The second kappa shape index (κ2) is 8.40. The van der Waals surface area contributed by atoms with Gasteiger partial charge in [0.05, 0.1) is 10.8 Å². The molecule has 0 spiro atoms. The monoisotopic (exact) mass is 366 g/mol. The minimum Gasteiger partial charge on any atom is -0.335 e. The average molecular weight is 366 g/mol. The predicted molar refractivity (Wildman–Crippen MR) is 94.9 cm³/mol. The Morgan fingerprint density at radius 3 is 2.40 bits per heavy atom. The van der Waals surface area contributed by atoms with Crippen molar-refractivity contribution in [3.8, 4) is 0 Å². The summed E-state index contributed by atoms with van der Waals surface area (Å²) in [5.41, 5.74) is 0. The van der Waals surface area contributed by atoms with E-state index < -0.39 is 21.8 Å². The Morgan fingerprint density at radius 1 is 1.24 bits per heavy atom. The molecule has 1 fully saturated rings. The third kappa shape index (κ3) is 4.55. The first-order valence-electron chi connectivity index (χ1n) is 8.16. The van der Waals surface area contributed by atoms with E-state index in [9.17, 15) is 17.6 Å². The lowest BCUT2D eigenvalue weighted by atomic mass is 9.98. The topological polar surface area (TPSA) is 57.7 Å². The molecule has 0 aliphatic carbocycles. The predicted octanol–water partition coefficient (Wildman–Crippen LogP) is 2.43. The van der Waals surface area contributed by atoms with Gasteiger partial charge in [-0.25, -0.2) is 12.8 Å².